The Balaban J connectivity index is 1.57. The van der Waals surface area contributed by atoms with Crippen LogP contribution in [0, 0.1) is 7.14 Å². The van der Waals surface area contributed by atoms with Gasteiger partial charge in [0.05, 0.1) is 13.2 Å². The summed E-state index contributed by atoms with van der Waals surface area (Å²) in [7, 11) is 0. The van der Waals surface area contributed by atoms with Gasteiger partial charge in [0.1, 0.15) is 11.5 Å². The molecule has 0 aliphatic rings. The van der Waals surface area contributed by atoms with Gasteiger partial charge in [0.15, 0.2) is 0 Å². The Kier molecular flexibility index (Phi) is 6.92. The van der Waals surface area contributed by atoms with E-state index in [-0.39, 0.29) is 0 Å². The molecule has 0 saturated heterocycles. The van der Waals surface area contributed by atoms with Crippen molar-refractivity contribution < 1.29 is 9.47 Å². The van der Waals surface area contributed by atoms with E-state index >= 15 is 0 Å². The van der Waals surface area contributed by atoms with E-state index < -0.39 is 0 Å². The fourth-order valence-electron chi connectivity index (χ4n) is 1.65. The zero-order chi connectivity index (χ0) is 14.2. The Morgan fingerprint density at radius 2 is 0.950 bits per heavy atom. The number of hydrogen-bond donors (Lipinski definition) is 0. The summed E-state index contributed by atoms with van der Waals surface area (Å²) in [6, 6.07) is 16.2. The molecule has 2 aromatic carbocycles. The van der Waals surface area contributed by atoms with Crippen molar-refractivity contribution in [1.29, 1.82) is 0 Å². The van der Waals surface area contributed by atoms with Crippen molar-refractivity contribution >= 4 is 45.2 Å². The van der Waals surface area contributed by atoms with Crippen LogP contribution >= 0.6 is 45.2 Å². The molecule has 0 aromatic heterocycles. The zero-order valence-electron chi connectivity index (χ0n) is 11.0. The Labute approximate surface area is 147 Å². The molecule has 0 unspecified atom stereocenters. The van der Waals surface area contributed by atoms with Crippen molar-refractivity contribution in [3.05, 3.63) is 55.7 Å². The van der Waals surface area contributed by atoms with Crippen LogP contribution in [0.1, 0.15) is 12.8 Å². The van der Waals surface area contributed by atoms with E-state index in [9.17, 15) is 0 Å². The van der Waals surface area contributed by atoms with E-state index in [1.807, 2.05) is 24.3 Å². The second kappa shape index (κ2) is 8.71. The molecule has 2 rings (SSSR count). The molecule has 0 radical (unpaired) electrons. The minimum absolute atomic E-state index is 0.733. The SMILES string of the molecule is Ic1ccc(OCCCCOc2ccc(I)cc2)cc1. The van der Waals surface area contributed by atoms with E-state index in [2.05, 4.69) is 69.4 Å². The van der Waals surface area contributed by atoms with Crippen LogP contribution in [0.3, 0.4) is 0 Å². The van der Waals surface area contributed by atoms with E-state index in [4.69, 9.17) is 9.47 Å². The topological polar surface area (TPSA) is 18.5 Å². The number of rotatable bonds is 7. The first-order chi connectivity index (χ1) is 9.74. The van der Waals surface area contributed by atoms with E-state index in [0.29, 0.717) is 0 Å². The number of ether oxygens (including phenoxy) is 2. The molecule has 0 aliphatic carbocycles. The van der Waals surface area contributed by atoms with Gasteiger partial charge < -0.3 is 9.47 Å². The summed E-state index contributed by atoms with van der Waals surface area (Å²) in [6.07, 6.45) is 1.99. The van der Waals surface area contributed by atoms with Crippen molar-refractivity contribution in [3.63, 3.8) is 0 Å². The molecule has 0 spiro atoms. The van der Waals surface area contributed by atoms with Gasteiger partial charge in [0.25, 0.3) is 0 Å². The van der Waals surface area contributed by atoms with Crippen LogP contribution in [0.4, 0.5) is 0 Å². The van der Waals surface area contributed by atoms with Crippen LogP contribution in [-0.4, -0.2) is 13.2 Å². The average Bonchev–Trinajstić information content (AvgIpc) is 2.46. The van der Waals surface area contributed by atoms with Gasteiger partial charge in [-0.25, -0.2) is 0 Å². The highest BCUT2D eigenvalue weighted by Gasteiger charge is 1.96. The standard InChI is InChI=1S/C16H16I2O2/c17-13-3-7-15(8-4-13)19-11-1-2-12-20-16-9-5-14(18)6-10-16/h3-10H,1-2,11-12H2. The Morgan fingerprint density at radius 3 is 1.30 bits per heavy atom. The average molecular weight is 494 g/mol. The van der Waals surface area contributed by atoms with Crippen molar-refractivity contribution in [2.45, 2.75) is 12.8 Å². The van der Waals surface area contributed by atoms with Crippen molar-refractivity contribution in [3.8, 4) is 11.5 Å². The summed E-state index contributed by atoms with van der Waals surface area (Å²) in [6.45, 7) is 1.47. The van der Waals surface area contributed by atoms with E-state index in [0.717, 1.165) is 37.6 Å². The molecule has 0 atom stereocenters. The van der Waals surface area contributed by atoms with Crippen molar-refractivity contribution in [1.82, 2.24) is 0 Å². The smallest absolute Gasteiger partial charge is 0.119 e. The summed E-state index contributed by atoms with van der Waals surface area (Å²) < 4.78 is 13.8. The van der Waals surface area contributed by atoms with Crippen LogP contribution < -0.4 is 9.47 Å². The van der Waals surface area contributed by atoms with E-state index in [1.54, 1.807) is 0 Å². The number of halogens is 2. The van der Waals surface area contributed by atoms with Crippen LogP contribution in [0.2, 0.25) is 0 Å². The minimum Gasteiger partial charge on any atom is -0.494 e. The predicted octanol–water partition coefficient (Wildman–Crippen LogP) is 5.13. The quantitative estimate of drug-likeness (QED) is 0.393. The van der Waals surface area contributed by atoms with Gasteiger partial charge in [-0.2, -0.15) is 0 Å². The molecule has 0 amide bonds. The summed E-state index contributed by atoms with van der Waals surface area (Å²) >= 11 is 4.57. The molecule has 0 saturated carbocycles. The summed E-state index contributed by atoms with van der Waals surface area (Å²) in [5.41, 5.74) is 0. The van der Waals surface area contributed by atoms with Gasteiger partial charge in [0.2, 0.25) is 0 Å². The monoisotopic (exact) mass is 494 g/mol. The maximum atomic E-state index is 5.67. The van der Waals surface area contributed by atoms with Gasteiger partial charge in [-0.1, -0.05) is 0 Å². The number of benzene rings is 2. The molecular weight excluding hydrogens is 478 g/mol. The molecule has 2 aromatic rings. The molecule has 4 heteroatoms. The van der Waals surface area contributed by atoms with Crippen molar-refractivity contribution in [2.75, 3.05) is 13.2 Å². The molecular formula is C16H16I2O2. The highest BCUT2D eigenvalue weighted by atomic mass is 127. The molecule has 20 heavy (non-hydrogen) atoms. The number of hydrogen-bond acceptors (Lipinski definition) is 2. The summed E-state index contributed by atoms with van der Waals surface area (Å²) in [5, 5.41) is 0. The fraction of sp³-hybridized carbons (Fsp3) is 0.250. The first-order valence-electron chi connectivity index (χ1n) is 6.51. The van der Waals surface area contributed by atoms with Crippen LogP contribution in [-0.2, 0) is 0 Å². The molecule has 2 nitrogen and oxygen atoms in total. The van der Waals surface area contributed by atoms with Gasteiger partial charge in [-0.15, -0.1) is 0 Å². The summed E-state index contributed by atoms with van der Waals surface area (Å²) in [5.74, 6) is 1.87. The van der Waals surface area contributed by atoms with Crippen LogP contribution in [0.5, 0.6) is 11.5 Å². The van der Waals surface area contributed by atoms with Gasteiger partial charge in [0, 0.05) is 7.14 Å². The second-order valence-corrected chi connectivity index (χ2v) is 6.80. The molecule has 0 bridgehead atoms. The number of unbranched alkanes of at least 4 members (excludes halogenated alkanes) is 1. The largest absolute Gasteiger partial charge is 0.494 e. The molecule has 0 heterocycles. The molecule has 106 valence electrons. The Hall–Kier alpha value is -0.500. The van der Waals surface area contributed by atoms with Crippen LogP contribution in [0.15, 0.2) is 48.5 Å². The summed E-state index contributed by atoms with van der Waals surface area (Å²) in [4.78, 5) is 0. The van der Waals surface area contributed by atoms with Crippen LogP contribution in [0.25, 0.3) is 0 Å². The van der Waals surface area contributed by atoms with Gasteiger partial charge in [-0.3, -0.25) is 0 Å². The normalized spacial score (nSPS) is 10.3. The maximum absolute atomic E-state index is 5.67. The zero-order valence-corrected chi connectivity index (χ0v) is 15.3. The fourth-order valence-corrected chi connectivity index (χ4v) is 2.36. The lowest BCUT2D eigenvalue weighted by Crippen LogP contribution is -2.02. The third-order valence-electron chi connectivity index (χ3n) is 2.70. The highest BCUT2D eigenvalue weighted by molar-refractivity contribution is 14.1. The first kappa shape index (κ1) is 15.9. The minimum atomic E-state index is 0.733. The van der Waals surface area contributed by atoms with Gasteiger partial charge >= 0.3 is 0 Å². The molecule has 0 aliphatic heterocycles. The molecule has 0 fully saturated rings. The second-order valence-electron chi connectivity index (χ2n) is 4.31. The third-order valence-corrected chi connectivity index (χ3v) is 4.14. The van der Waals surface area contributed by atoms with E-state index in [1.165, 1.54) is 7.14 Å². The predicted molar refractivity (Wildman–Crippen MR) is 98.5 cm³/mol. The Morgan fingerprint density at radius 1 is 0.600 bits per heavy atom. The first-order valence-corrected chi connectivity index (χ1v) is 8.66. The Bertz CT molecular complexity index is 460. The maximum Gasteiger partial charge on any atom is 0.119 e. The lowest BCUT2D eigenvalue weighted by atomic mass is 10.3. The lowest BCUT2D eigenvalue weighted by molar-refractivity contribution is 0.266. The van der Waals surface area contributed by atoms with Crippen molar-refractivity contribution in [2.24, 2.45) is 0 Å². The lowest BCUT2D eigenvalue weighted by Gasteiger charge is -2.08. The van der Waals surface area contributed by atoms with Gasteiger partial charge in [-0.05, 0) is 107 Å². The molecule has 0 N–H and O–H groups in total. The highest BCUT2D eigenvalue weighted by Crippen LogP contribution is 2.15. The third kappa shape index (κ3) is 5.87.